The van der Waals surface area contributed by atoms with Crippen molar-refractivity contribution in [2.45, 2.75) is 33.0 Å². The number of rotatable bonds is 7. The van der Waals surface area contributed by atoms with Crippen molar-refractivity contribution in [3.63, 3.8) is 0 Å². The van der Waals surface area contributed by atoms with Crippen LogP contribution in [0.3, 0.4) is 0 Å². The molecule has 0 aliphatic rings. The molecule has 1 aromatic carbocycles. The summed E-state index contributed by atoms with van der Waals surface area (Å²) in [4.78, 5) is 4.21. The molecule has 0 amide bonds. The van der Waals surface area contributed by atoms with Gasteiger partial charge in [0.15, 0.2) is 17.3 Å². The number of nitrogens with zero attached hydrogens (tertiary/aromatic N) is 3. The van der Waals surface area contributed by atoms with Crippen molar-refractivity contribution in [2.75, 3.05) is 7.11 Å². The van der Waals surface area contributed by atoms with Gasteiger partial charge in [0.25, 0.3) is 0 Å². The molecule has 2 aromatic rings. The van der Waals surface area contributed by atoms with Crippen LogP contribution in [0.25, 0.3) is 0 Å². The highest BCUT2D eigenvalue weighted by Crippen LogP contribution is 2.34. The zero-order chi connectivity index (χ0) is 15.2. The summed E-state index contributed by atoms with van der Waals surface area (Å²) in [5.41, 5.74) is 6.53. The summed E-state index contributed by atoms with van der Waals surface area (Å²) in [5.74, 6) is 1.91. The van der Waals surface area contributed by atoms with E-state index in [4.69, 9.17) is 26.8 Å². The first kappa shape index (κ1) is 15.6. The summed E-state index contributed by atoms with van der Waals surface area (Å²) in [5, 5.41) is 4.73. The highest BCUT2D eigenvalue weighted by Gasteiger charge is 2.13. The second-order valence-electron chi connectivity index (χ2n) is 4.49. The summed E-state index contributed by atoms with van der Waals surface area (Å²) in [6.45, 7) is 3.50. The minimum absolute atomic E-state index is 0.297. The van der Waals surface area contributed by atoms with Gasteiger partial charge >= 0.3 is 0 Å². The number of methoxy groups -OCH3 is 1. The van der Waals surface area contributed by atoms with Crippen LogP contribution >= 0.6 is 11.6 Å². The zero-order valence-corrected chi connectivity index (χ0v) is 12.9. The number of aromatic nitrogens is 3. The van der Waals surface area contributed by atoms with Gasteiger partial charge in [-0.2, -0.15) is 5.10 Å². The minimum Gasteiger partial charge on any atom is -0.493 e. The van der Waals surface area contributed by atoms with Crippen LogP contribution in [0.5, 0.6) is 11.5 Å². The monoisotopic (exact) mass is 310 g/mol. The zero-order valence-electron chi connectivity index (χ0n) is 12.2. The van der Waals surface area contributed by atoms with Crippen molar-refractivity contribution >= 4 is 11.6 Å². The van der Waals surface area contributed by atoms with Gasteiger partial charge in [-0.3, -0.25) is 0 Å². The molecule has 0 saturated heterocycles. The van der Waals surface area contributed by atoms with E-state index >= 15 is 0 Å². The fourth-order valence-corrected chi connectivity index (χ4v) is 2.26. The molecular weight excluding hydrogens is 292 g/mol. The molecule has 1 heterocycles. The molecular formula is C14H19ClN4O2. The molecule has 2 rings (SSSR count). The molecule has 0 unspecified atom stereocenters. The number of hydrogen-bond acceptors (Lipinski definition) is 5. The molecule has 1 aromatic heterocycles. The van der Waals surface area contributed by atoms with Crippen molar-refractivity contribution in [3.05, 3.63) is 34.9 Å². The molecule has 2 N–H and O–H groups in total. The molecule has 0 aliphatic heterocycles. The minimum atomic E-state index is 0.297. The molecule has 0 bridgehead atoms. The lowest BCUT2D eigenvalue weighted by Gasteiger charge is -2.15. The summed E-state index contributed by atoms with van der Waals surface area (Å²) in [6, 6.07) is 3.48. The third kappa shape index (κ3) is 3.65. The van der Waals surface area contributed by atoms with Gasteiger partial charge in [0, 0.05) is 29.7 Å². The largest absolute Gasteiger partial charge is 0.493 e. The van der Waals surface area contributed by atoms with Crippen LogP contribution in [0.4, 0.5) is 0 Å². The number of benzene rings is 1. The fraction of sp³-hybridized carbons (Fsp3) is 0.429. The third-order valence-corrected chi connectivity index (χ3v) is 3.23. The van der Waals surface area contributed by atoms with E-state index < -0.39 is 0 Å². The van der Waals surface area contributed by atoms with Crippen LogP contribution < -0.4 is 15.2 Å². The Bertz CT molecular complexity index is 575. The van der Waals surface area contributed by atoms with Crippen molar-refractivity contribution in [3.8, 4) is 11.5 Å². The lowest BCUT2D eigenvalue weighted by atomic mass is 10.2. The maximum absolute atomic E-state index is 6.03. The van der Waals surface area contributed by atoms with Gasteiger partial charge in [-0.25, -0.2) is 9.67 Å². The lowest BCUT2D eigenvalue weighted by molar-refractivity contribution is 0.266. The predicted octanol–water partition coefficient (Wildman–Crippen LogP) is 2.39. The topological polar surface area (TPSA) is 75.2 Å². The van der Waals surface area contributed by atoms with Crippen molar-refractivity contribution in [1.29, 1.82) is 0 Å². The van der Waals surface area contributed by atoms with Gasteiger partial charge in [-0.15, -0.1) is 0 Å². The van der Waals surface area contributed by atoms with E-state index in [0.717, 1.165) is 24.4 Å². The van der Waals surface area contributed by atoms with Gasteiger partial charge in [0.1, 0.15) is 12.9 Å². The normalized spacial score (nSPS) is 10.7. The quantitative estimate of drug-likeness (QED) is 0.850. The molecule has 0 radical (unpaired) electrons. The number of nitrogens with two attached hydrogens (primary N) is 1. The highest BCUT2D eigenvalue weighted by atomic mass is 35.5. The van der Waals surface area contributed by atoms with Crippen molar-refractivity contribution < 1.29 is 9.47 Å². The summed E-state index contributed by atoms with van der Waals surface area (Å²) in [6.07, 6.45) is 2.51. The van der Waals surface area contributed by atoms with Gasteiger partial charge in [-0.1, -0.05) is 18.5 Å². The van der Waals surface area contributed by atoms with Gasteiger partial charge in [0.2, 0.25) is 0 Å². The molecule has 0 saturated carbocycles. The Kier molecular flexibility index (Phi) is 5.41. The van der Waals surface area contributed by atoms with Gasteiger partial charge in [0.05, 0.1) is 7.11 Å². The first-order chi connectivity index (χ1) is 10.2. The SMILES string of the molecule is CCCn1ncnc1COc1c(CN)cc(Cl)cc1OC. The number of halogens is 1. The van der Waals surface area contributed by atoms with E-state index in [0.29, 0.717) is 29.7 Å². The Hall–Kier alpha value is -1.79. The Morgan fingerprint density at radius 3 is 2.86 bits per heavy atom. The Morgan fingerprint density at radius 1 is 1.38 bits per heavy atom. The summed E-state index contributed by atoms with van der Waals surface area (Å²) in [7, 11) is 1.57. The standard InChI is InChI=1S/C14H19ClN4O2/c1-3-4-19-13(17-9-18-19)8-21-14-10(7-16)5-11(15)6-12(14)20-2/h5-6,9H,3-4,7-8,16H2,1-2H3. The van der Waals surface area contributed by atoms with Crippen LogP contribution in [-0.2, 0) is 19.7 Å². The van der Waals surface area contributed by atoms with Gasteiger partial charge in [-0.05, 0) is 12.5 Å². The first-order valence-corrected chi connectivity index (χ1v) is 7.13. The van der Waals surface area contributed by atoms with Crippen LogP contribution in [0, 0.1) is 0 Å². The summed E-state index contributed by atoms with van der Waals surface area (Å²) < 4.78 is 13.0. The second kappa shape index (κ2) is 7.28. The van der Waals surface area contributed by atoms with E-state index in [9.17, 15) is 0 Å². The molecule has 0 fully saturated rings. The van der Waals surface area contributed by atoms with Gasteiger partial charge < -0.3 is 15.2 Å². The molecule has 21 heavy (non-hydrogen) atoms. The predicted molar refractivity (Wildman–Crippen MR) is 80.5 cm³/mol. The van der Waals surface area contributed by atoms with E-state index in [1.54, 1.807) is 19.2 Å². The molecule has 0 atom stereocenters. The van der Waals surface area contributed by atoms with E-state index in [-0.39, 0.29) is 0 Å². The molecule has 114 valence electrons. The van der Waals surface area contributed by atoms with Crippen LogP contribution in [0.2, 0.25) is 5.02 Å². The Morgan fingerprint density at radius 2 is 2.19 bits per heavy atom. The van der Waals surface area contributed by atoms with Crippen LogP contribution in [-0.4, -0.2) is 21.9 Å². The van der Waals surface area contributed by atoms with E-state index in [2.05, 4.69) is 17.0 Å². The lowest BCUT2D eigenvalue weighted by Crippen LogP contribution is -2.10. The maximum Gasteiger partial charge on any atom is 0.166 e. The Labute approximate surface area is 128 Å². The number of ether oxygens (including phenoxy) is 2. The molecule has 0 spiro atoms. The number of hydrogen-bond donors (Lipinski definition) is 1. The highest BCUT2D eigenvalue weighted by molar-refractivity contribution is 6.30. The number of aryl methyl sites for hydroxylation is 1. The third-order valence-electron chi connectivity index (χ3n) is 3.01. The van der Waals surface area contributed by atoms with E-state index in [1.807, 2.05) is 4.68 Å². The smallest absolute Gasteiger partial charge is 0.166 e. The second-order valence-corrected chi connectivity index (χ2v) is 4.92. The van der Waals surface area contributed by atoms with E-state index in [1.165, 1.54) is 6.33 Å². The average molecular weight is 311 g/mol. The van der Waals surface area contributed by atoms with Crippen LogP contribution in [0.15, 0.2) is 18.5 Å². The van der Waals surface area contributed by atoms with Crippen LogP contribution in [0.1, 0.15) is 24.7 Å². The first-order valence-electron chi connectivity index (χ1n) is 6.75. The summed E-state index contributed by atoms with van der Waals surface area (Å²) >= 11 is 6.03. The Balaban J connectivity index is 2.21. The maximum atomic E-state index is 6.03. The fourth-order valence-electron chi connectivity index (χ4n) is 2.02. The molecule has 7 heteroatoms. The van der Waals surface area contributed by atoms with Crippen molar-refractivity contribution in [1.82, 2.24) is 14.8 Å². The molecule has 6 nitrogen and oxygen atoms in total. The van der Waals surface area contributed by atoms with Crippen molar-refractivity contribution in [2.24, 2.45) is 5.73 Å². The average Bonchev–Trinajstić information content (AvgIpc) is 2.92. The molecule has 0 aliphatic carbocycles.